The Balaban J connectivity index is 2.17. The molecule has 7 heteroatoms. The first kappa shape index (κ1) is 20.4. The molecule has 0 aromatic heterocycles. The fourth-order valence-electron chi connectivity index (χ4n) is 2.67. The molecule has 0 fully saturated rings. The van der Waals surface area contributed by atoms with Crippen LogP contribution in [0.5, 0.6) is 5.75 Å². The fraction of sp³-hybridized carbons (Fsp3) is 0.300. The number of carboxylic acid groups (broad SMARTS) is 1. The number of nitrogens with two attached hydrogens (primary N) is 1. The van der Waals surface area contributed by atoms with Crippen LogP contribution in [0.2, 0.25) is 0 Å². The number of carbonyl (C=O) groups is 2. The predicted octanol–water partition coefficient (Wildman–Crippen LogP) is 1.52. The number of carbonyl (C=O) groups excluding carboxylic acids is 1. The molecule has 2 aromatic rings. The number of carboxylic acids is 1. The van der Waals surface area contributed by atoms with Crippen LogP contribution in [0.3, 0.4) is 0 Å². The summed E-state index contributed by atoms with van der Waals surface area (Å²) in [6.07, 6.45) is -0.728. The van der Waals surface area contributed by atoms with Crippen molar-refractivity contribution in [2.45, 2.75) is 24.6 Å². The number of hydrogen-bond acceptors (Lipinski definition) is 6. The van der Waals surface area contributed by atoms with Gasteiger partial charge >= 0.3 is 11.9 Å². The molecule has 2 unspecified atom stereocenters. The summed E-state index contributed by atoms with van der Waals surface area (Å²) in [4.78, 5) is 24.0. The molecular weight excluding hydrogens is 348 g/mol. The lowest BCUT2D eigenvalue weighted by Crippen LogP contribution is -2.43. The molecule has 0 amide bonds. The maximum Gasteiger partial charge on any atom is 0.324 e. The second-order valence-electron chi connectivity index (χ2n) is 6.03. The van der Waals surface area contributed by atoms with Crippen molar-refractivity contribution in [2.24, 2.45) is 5.73 Å². The highest BCUT2D eigenvalue weighted by Crippen LogP contribution is 2.22. The van der Waals surface area contributed by atoms with Crippen molar-refractivity contribution >= 4 is 11.9 Å². The van der Waals surface area contributed by atoms with Gasteiger partial charge in [-0.3, -0.25) is 9.59 Å². The van der Waals surface area contributed by atoms with E-state index in [4.69, 9.17) is 15.2 Å². The van der Waals surface area contributed by atoms with Crippen molar-refractivity contribution in [3.05, 3.63) is 65.7 Å². The molecule has 0 saturated heterocycles. The van der Waals surface area contributed by atoms with E-state index in [1.807, 2.05) is 24.3 Å². The smallest absolute Gasteiger partial charge is 0.324 e. The number of rotatable bonds is 9. The summed E-state index contributed by atoms with van der Waals surface area (Å²) in [5.74, 6) is -1.14. The highest BCUT2D eigenvalue weighted by molar-refractivity contribution is 5.79. The summed E-state index contributed by atoms with van der Waals surface area (Å²) in [6.45, 7) is 0. The summed E-state index contributed by atoms with van der Waals surface area (Å²) in [5, 5.41) is 12.2. The van der Waals surface area contributed by atoms with Crippen molar-refractivity contribution in [2.75, 3.05) is 14.2 Å². The molecule has 3 atom stereocenters. The van der Waals surface area contributed by atoms with Crippen LogP contribution in [0, 0.1) is 0 Å². The summed E-state index contributed by atoms with van der Waals surface area (Å²) >= 11 is 0. The van der Waals surface area contributed by atoms with Gasteiger partial charge in [0.1, 0.15) is 17.8 Å². The van der Waals surface area contributed by atoms with Gasteiger partial charge in [-0.15, -0.1) is 0 Å². The van der Waals surface area contributed by atoms with E-state index in [0.717, 1.165) is 5.56 Å². The maximum absolute atomic E-state index is 12.7. The van der Waals surface area contributed by atoms with Gasteiger partial charge in [-0.2, -0.15) is 0 Å². The molecule has 0 aliphatic heterocycles. The number of methoxy groups -OCH3 is 1. The minimum absolute atomic E-state index is 0.357. The SMILES string of the molecule is CNC(Cc1cccc(OC)c1)C(=O)OC(c1ccccc1)[C@H](N)C(=O)O. The Kier molecular flexibility index (Phi) is 7.34. The maximum atomic E-state index is 12.7. The van der Waals surface area contributed by atoms with Gasteiger partial charge in [0.05, 0.1) is 7.11 Å². The summed E-state index contributed by atoms with van der Waals surface area (Å²) in [7, 11) is 3.21. The highest BCUT2D eigenvalue weighted by atomic mass is 16.5. The first-order valence-electron chi connectivity index (χ1n) is 8.50. The molecule has 144 valence electrons. The quantitative estimate of drug-likeness (QED) is 0.572. The van der Waals surface area contributed by atoms with Gasteiger partial charge < -0.3 is 25.6 Å². The standard InChI is InChI=1S/C20H24N2O5/c1-22-16(12-13-7-6-10-15(11-13)26-2)20(25)27-18(17(21)19(23)24)14-8-4-3-5-9-14/h3-11,16-18,22H,12,21H2,1-2H3,(H,23,24)/t16?,17-,18?/m0/s1. The summed E-state index contributed by atoms with van der Waals surface area (Å²) in [6, 6.07) is 13.9. The molecule has 0 radical (unpaired) electrons. The topological polar surface area (TPSA) is 111 Å². The third-order valence-electron chi connectivity index (χ3n) is 4.19. The minimum Gasteiger partial charge on any atom is -0.497 e. The second kappa shape index (κ2) is 9.70. The number of aliphatic carboxylic acids is 1. The van der Waals surface area contributed by atoms with Gasteiger partial charge in [-0.05, 0) is 36.7 Å². The van der Waals surface area contributed by atoms with E-state index in [1.54, 1.807) is 44.5 Å². The Labute approximate surface area is 158 Å². The third-order valence-corrected chi connectivity index (χ3v) is 4.19. The van der Waals surface area contributed by atoms with Crippen molar-refractivity contribution in [3.63, 3.8) is 0 Å². The van der Waals surface area contributed by atoms with Crippen LogP contribution in [-0.4, -0.2) is 43.3 Å². The third kappa shape index (κ3) is 5.54. The Morgan fingerprint density at radius 1 is 1.15 bits per heavy atom. The number of benzene rings is 2. The van der Waals surface area contributed by atoms with Gasteiger partial charge in [0.25, 0.3) is 0 Å². The highest BCUT2D eigenvalue weighted by Gasteiger charge is 2.31. The molecule has 4 N–H and O–H groups in total. The number of ether oxygens (including phenoxy) is 2. The Morgan fingerprint density at radius 3 is 2.44 bits per heavy atom. The summed E-state index contributed by atoms with van der Waals surface area (Å²) < 4.78 is 10.7. The van der Waals surface area contributed by atoms with Crippen molar-refractivity contribution in [1.82, 2.24) is 5.32 Å². The molecule has 0 bridgehead atoms. The molecule has 2 aromatic carbocycles. The number of nitrogens with one attached hydrogen (secondary N) is 1. The normalized spacial score (nSPS) is 14.0. The van der Waals surface area contributed by atoms with Crippen LogP contribution in [0.25, 0.3) is 0 Å². The van der Waals surface area contributed by atoms with Crippen LogP contribution in [-0.2, 0) is 20.7 Å². The number of likely N-dealkylation sites (N-methyl/N-ethyl adjacent to an activating group) is 1. The van der Waals surface area contributed by atoms with Crippen LogP contribution in [0.1, 0.15) is 17.2 Å². The van der Waals surface area contributed by atoms with Crippen LogP contribution in [0.15, 0.2) is 54.6 Å². The molecule has 7 nitrogen and oxygen atoms in total. The zero-order valence-electron chi connectivity index (χ0n) is 15.3. The monoisotopic (exact) mass is 372 g/mol. The lowest BCUT2D eigenvalue weighted by Gasteiger charge is -2.24. The molecule has 0 heterocycles. The van der Waals surface area contributed by atoms with E-state index in [1.165, 1.54) is 0 Å². The molecule has 0 aliphatic rings. The van der Waals surface area contributed by atoms with E-state index in [2.05, 4.69) is 5.32 Å². The largest absolute Gasteiger partial charge is 0.497 e. The number of esters is 1. The molecule has 27 heavy (non-hydrogen) atoms. The van der Waals surface area contributed by atoms with E-state index < -0.39 is 30.1 Å². The zero-order valence-corrected chi connectivity index (χ0v) is 15.3. The van der Waals surface area contributed by atoms with E-state index in [-0.39, 0.29) is 0 Å². The average Bonchev–Trinajstić information content (AvgIpc) is 2.70. The van der Waals surface area contributed by atoms with Gasteiger partial charge in [-0.1, -0.05) is 42.5 Å². The van der Waals surface area contributed by atoms with E-state index in [0.29, 0.717) is 17.7 Å². The average molecular weight is 372 g/mol. The summed E-state index contributed by atoms with van der Waals surface area (Å²) in [5.41, 5.74) is 7.16. The van der Waals surface area contributed by atoms with E-state index >= 15 is 0 Å². The number of hydrogen-bond donors (Lipinski definition) is 3. The lowest BCUT2D eigenvalue weighted by molar-refractivity contribution is -0.157. The molecule has 2 rings (SSSR count). The Hall–Kier alpha value is -2.90. The predicted molar refractivity (Wildman–Crippen MR) is 100 cm³/mol. The van der Waals surface area contributed by atoms with Gasteiger partial charge in [-0.25, -0.2) is 0 Å². The Bertz CT molecular complexity index is 766. The van der Waals surface area contributed by atoms with Crippen molar-refractivity contribution in [1.29, 1.82) is 0 Å². The Morgan fingerprint density at radius 2 is 1.85 bits per heavy atom. The minimum atomic E-state index is -1.37. The molecule has 0 saturated carbocycles. The molecule has 0 spiro atoms. The molecule has 0 aliphatic carbocycles. The molecular formula is C20H24N2O5. The van der Waals surface area contributed by atoms with Gasteiger partial charge in [0.15, 0.2) is 6.10 Å². The first-order valence-corrected chi connectivity index (χ1v) is 8.50. The van der Waals surface area contributed by atoms with E-state index in [9.17, 15) is 14.7 Å². The van der Waals surface area contributed by atoms with Crippen molar-refractivity contribution in [3.8, 4) is 5.75 Å². The van der Waals surface area contributed by atoms with Gasteiger partial charge in [0.2, 0.25) is 0 Å². The van der Waals surface area contributed by atoms with Crippen molar-refractivity contribution < 1.29 is 24.2 Å². The lowest BCUT2D eigenvalue weighted by atomic mass is 10.0. The van der Waals surface area contributed by atoms with Gasteiger partial charge in [0, 0.05) is 0 Å². The van der Waals surface area contributed by atoms with Crippen LogP contribution >= 0.6 is 0 Å². The second-order valence-corrected chi connectivity index (χ2v) is 6.03. The first-order chi connectivity index (χ1) is 13.0. The van der Waals surface area contributed by atoms with Crippen LogP contribution < -0.4 is 15.8 Å². The fourth-order valence-corrected chi connectivity index (χ4v) is 2.67. The zero-order chi connectivity index (χ0) is 19.8. The van der Waals surface area contributed by atoms with Crippen LogP contribution in [0.4, 0.5) is 0 Å².